The molecule has 0 amide bonds. The highest BCUT2D eigenvalue weighted by Crippen LogP contribution is 2.42. The van der Waals surface area contributed by atoms with Crippen LogP contribution in [0, 0.1) is 5.41 Å². The van der Waals surface area contributed by atoms with E-state index in [2.05, 4.69) is 9.88 Å². The third-order valence-electron chi connectivity index (χ3n) is 5.11. The van der Waals surface area contributed by atoms with E-state index in [0.717, 1.165) is 42.5 Å². The predicted molar refractivity (Wildman–Crippen MR) is 100 cm³/mol. The zero-order chi connectivity index (χ0) is 16.9. The van der Waals surface area contributed by atoms with Crippen LogP contribution in [0.1, 0.15) is 12.8 Å². The van der Waals surface area contributed by atoms with Crippen molar-refractivity contribution in [2.45, 2.75) is 12.8 Å². The molecular weight excluding hydrogens is 364 g/mol. The molecule has 0 radical (unpaired) electrons. The molecule has 0 bridgehead atoms. The molecule has 1 aromatic heterocycles. The van der Waals surface area contributed by atoms with Gasteiger partial charge in [0.25, 0.3) is 10.2 Å². The maximum atomic E-state index is 11.9. The number of piperidine rings is 1. The first-order valence-electron chi connectivity index (χ1n) is 8.01. The van der Waals surface area contributed by atoms with Crippen molar-refractivity contribution >= 4 is 39.2 Å². The summed E-state index contributed by atoms with van der Waals surface area (Å²) in [5.41, 5.74) is 1.54. The Morgan fingerprint density at radius 3 is 2.60 bits per heavy atom. The molecule has 3 N–H and O–H groups in total. The van der Waals surface area contributed by atoms with Crippen molar-refractivity contribution in [3.05, 3.63) is 40.7 Å². The molecule has 3 heterocycles. The number of H-pyrrole nitrogens is 1. The zero-order valence-corrected chi connectivity index (χ0v) is 15.3. The van der Waals surface area contributed by atoms with Crippen molar-refractivity contribution in [2.75, 3.05) is 31.1 Å². The van der Waals surface area contributed by atoms with Crippen molar-refractivity contribution in [1.82, 2.24) is 9.29 Å². The summed E-state index contributed by atoms with van der Waals surface area (Å²) in [7, 11) is -3.64. The first-order chi connectivity index (χ1) is 11.4. The highest BCUT2D eigenvalue weighted by Gasteiger charge is 2.47. The second-order valence-electron chi connectivity index (χ2n) is 6.90. The third kappa shape index (κ3) is 3.27. The number of rotatable bonds is 2. The van der Waals surface area contributed by atoms with Crippen molar-refractivity contribution in [3.63, 3.8) is 0 Å². The number of nitrogens with zero attached hydrogens (tertiary/aromatic N) is 2. The van der Waals surface area contributed by atoms with Crippen molar-refractivity contribution in [1.29, 1.82) is 0 Å². The minimum absolute atomic E-state index is 0. The molecule has 9 heteroatoms. The summed E-state index contributed by atoms with van der Waals surface area (Å²) in [6, 6.07) is 9.34. The molecule has 2 saturated heterocycles. The van der Waals surface area contributed by atoms with E-state index in [1.165, 1.54) is 4.31 Å². The normalized spacial score (nSPS) is 20.3. The quantitative estimate of drug-likeness (QED) is 0.808. The highest BCUT2D eigenvalue weighted by atomic mass is 35.5. The number of halogens is 1. The van der Waals surface area contributed by atoms with Crippen molar-refractivity contribution in [2.24, 2.45) is 10.6 Å². The molecule has 1 spiro atoms. The molecule has 0 saturated carbocycles. The van der Waals surface area contributed by atoms with Gasteiger partial charge in [0.2, 0.25) is 5.56 Å². The van der Waals surface area contributed by atoms with Crippen molar-refractivity contribution < 1.29 is 8.42 Å². The minimum atomic E-state index is -3.64. The van der Waals surface area contributed by atoms with E-state index in [4.69, 9.17) is 5.14 Å². The fourth-order valence-corrected chi connectivity index (χ4v) is 4.86. The summed E-state index contributed by atoms with van der Waals surface area (Å²) in [5.74, 6) is 0. The molecule has 4 rings (SSSR count). The van der Waals surface area contributed by atoms with Crippen LogP contribution in [0.25, 0.3) is 10.9 Å². The van der Waals surface area contributed by atoms with Crippen LogP contribution in [0.4, 0.5) is 5.69 Å². The fraction of sp³-hybridized carbons (Fsp3) is 0.438. The molecule has 2 aromatic rings. The van der Waals surface area contributed by atoms with Crippen LogP contribution < -0.4 is 15.6 Å². The van der Waals surface area contributed by atoms with Gasteiger partial charge < -0.3 is 9.88 Å². The number of para-hydroxylation sites is 1. The first kappa shape index (κ1) is 18.2. The van der Waals surface area contributed by atoms with E-state index in [0.29, 0.717) is 13.1 Å². The number of hydrogen-bond acceptors (Lipinski definition) is 4. The van der Waals surface area contributed by atoms with Crippen LogP contribution in [0.15, 0.2) is 35.1 Å². The Bertz CT molecular complexity index is 953. The molecule has 25 heavy (non-hydrogen) atoms. The van der Waals surface area contributed by atoms with Gasteiger partial charge in [0.05, 0.1) is 11.2 Å². The third-order valence-corrected chi connectivity index (χ3v) is 6.14. The van der Waals surface area contributed by atoms with Gasteiger partial charge in [-0.1, -0.05) is 18.2 Å². The van der Waals surface area contributed by atoms with E-state index >= 15 is 0 Å². The molecule has 0 atom stereocenters. The van der Waals surface area contributed by atoms with Crippen molar-refractivity contribution in [3.8, 4) is 0 Å². The Kier molecular flexibility index (Phi) is 4.57. The molecule has 7 nitrogen and oxygen atoms in total. The maximum Gasteiger partial charge on any atom is 0.276 e. The number of benzene rings is 1. The molecule has 0 aliphatic carbocycles. The van der Waals surface area contributed by atoms with E-state index in [9.17, 15) is 13.2 Å². The summed E-state index contributed by atoms with van der Waals surface area (Å²) in [5, 5.41) is 6.29. The number of aromatic nitrogens is 1. The maximum absolute atomic E-state index is 11.9. The zero-order valence-electron chi connectivity index (χ0n) is 13.6. The number of nitrogens with one attached hydrogen (secondary N) is 1. The molecule has 1 aromatic carbocycles. The lowest BCUT2D eigenvalue weighted by Crippen LogP contribution is -2.64. The van der Waals surface area contributed by atoms with Gasteiger partial charge >= 0.3 is 0 Å². The second kappa shape index (κ2) is 6.28. The summed E-state index contributed by atoms with van der Waals surface area (Å²) in [4.78, 5) is 16.9. The average Bonchev–Trinajstić information content (AvgIpc) is 2.51. The smallest absolute Gasteiger partial charge is 0.276 e. The molecule has 2 fully saturated rings. The second-order valence-corrected chi connectivity index (χ2v) is 8.45. The number of nitrogens with two attached hydrogens (primary N) is 1. The van der Waals surface area contributed by atoms with Crippen LogP contribution in [0.3, 0.4) is 0 Å². The fourth-order valence-electron chi connectivity index (χ4n) is 4.02. The van der Waals surface area contributed by atoms with E-state index < -0.39 is 10.2 Å². The van der Waals surface area contributed by atoms with Gasteiger partial charge in [-0.3, -0.25) is 4.79 Å². The standard InChI is InChI=1S/C16H20N4O3S.ClH/c17-24(22,23)20-7-3-6-16(11-20)9-19(10-16)14-8-15(21)18-13-5-2-1-4-12(13)14;/h1-2,4-5,8H,3,6-7,9-11H2,(H,18,21)(H2,17,22,23);1H. The Hall–Kier alpha value is -1.61. The van der Waals surface area contributed by atoms with Crippen LogP contribution in [-0.4, -0.2) is 43.9 Å². The summed E-state index contributed by atoms with van der Waals surface area (Å²) < 4.78 is 24.6. The molecule has 136 valence electrons. The van der Waals surface area contributed by atoms with Gasteiger partial charge in [-0.2, -0.15) is 12.7 Å². The Balaban J connectivity index is 0.00000182. The lowest BCUT2D eigenvalue weighted by Gasteiger charge is -2.55. The predicted octanol–water partition coefficient (Wildman–Crippen LogP) is 1.06. The Labute approximate surface area is 152 Å². The van der Waals surface area contributed by atoms with Crippen LogP contribution in [-0.2, 0) is 10.2 Å². The summed E-state index contributed by atoms with van der Waals surface area (Å²) in [6.45, 7) is 2.44. The number of fused-ring (bicyclic) bond motifs is 1. The van der Waals surface area contributed by atoms with Gasteiger partial charge in [-0.05, 0) is 18.9 Å². The minimum Gasteiger partial charge on any atom is -0.369 e. The largest absolute Gasteiger partial charge is 0.369 e. The number of anilines is 1. The van der Waals surface area contributed by atoms with Gasteiger partial charge in [-0.25, -0.2) is 5.14 Å². The van der Waals surface area contributed by atoms with Gasteiger partial charge in [0.1, 0.15) is 0 Å². The lowest BCUT2D eigenvalue weighted by atomic mass is 9.73. The van der Waals surface area contributed by atoms with Crippen LogP contribution >= 0.6 is 12.4 Å². The van der Waals surface area contributed by atoms with Gasteiger partial charge in [-0.15, -0.1) is 12.4 Å². The number of hydrogen-bond donors (Lipinski definition) is 2. The highest BCUT2D eigenvalue weighted by molar-refractivity contribution is 7.86. The molecule has 2 aliphatic heterocycles. The molecule has 0 unspecified atom stereocenters. The SMILES string of the molecule is Cl.NS(=O)(=O)N1CCCC2(CN(c3cc(=O)[nH]c4ccccc34)C2)C1. The number of aromatic amines is 1. The van der Waals surface area contributed by atoms with E-state index in [1.54, 1.807) is 6.07 Å². The van der Waals surface area contributed by atoms with Crippen LogP contribution in [0.2, 0.25) is 0 Å². The van der Waals surface area contributed by atoms with E-state index in [1.807, 2.05) is 24.3 Å². The Morgan fingerprint density at radius 2 is 1.88 bits per heavy atom. The summed E-state index contributed by atoms with van der Waals surface area (Å²) in [6.07, 6.45) is 1.80. The van der Waals surface area contributed by atoms with Gasteiger partial charge in [0.15, 0.2) is 0 Å². The molecular formula is C16H21ClN4O3S. The lowest BCUT2D eigenvalue weighted by molar-refractivity contribution is 0.108. The topological polar surface area (TPSA) is 99.5 Å². The number of pyridine rings is 1. The summed E-state index contributed by atoms with van der Waals surface area (Å²) >= 11 is 0. The van der Waals surface area contributed by atoms with Crippen LogP contribution in [0.5, 0.6) is 0 Å². The Morgan fingerprint density at radius 1 is 1.16 bits per heavy atom. The monoisotopic (exact) mass is 384 g/mol. The average molecular weight is 385 g/mol. The van der Waals surface area contributed by atoms with Gasteiger partial charge in [0, 0.05) is 43.0 Å². The van der Waals surface area contributed by atoms with E-state index in [-0.39, 0.29) is 23.4 Å². The molecule has 2 aliphatic rings. The first-order valence-corrected chi connectivity index (χ1v) is 9.52.